The molecule has 5 rings (SSSR count). The molecule has 5 aromatic rings. The molecule has 0 aliphatic rings. The highest BCUT2D eigenvalue weighted by molar-refractivity contribution is 7.19. The molecule has 0 fully saturated rings. The van der Waals surface area contributed by atoms with Crippen LogP contribution in [0.1, 0.15) is 69.6 Å². The molecule has 0 saturated heterocycles. The third-order valence-corrected chi connectivity index (χ3v) is 9.19. The lowest BCUT2D eigenvalue weighted by Crippen LogP contribution is -2.13. The number of ether oxygens (including phenoxy) is 4. The topological polar surface area (TPSA) is 131 Å². The zero-order valence-electron chi connectivity index (χ0n) is 26.7. The second-order valence-corrected chi connectivity index (χ2v) is 12.2. The summed E-state index contributed by atoms with van der Waals surface area (Å²) >= 11 is 3.03. The molecule has 0 saturated carbocycles. The molecule has 4 heterocycles. The van der Waals surface area contributed by atoms with Gasteiger partial charge < -0.3 is 18.9 Å². The molecule has 0 aliphatic carbocycles. The minimum absolute atomic E-state index is 0.0352. The van der Waals surface area contributed by atoms with E-state index in [9.17, 15) is 19.2 Å². The molecular weight excluding hydrogens is 653 g/mol. The molecule has 12 heteroatoms. The van der Waals surface area contributed by atoms with Crippen molar-refractivity contribution in [1.82, 2.24) is 9.97 Å². The maximum Gasteiger partial charge on any atom is 0.356 e. The van der Waals surface area contributed by atoms with Crippen molar-refractivity contribution in [3.05, 3.63) is 95.6 Å². The third-order valence-electron chi connectivity index (χ3n) is 6.82. The summed E-state index contributed by atoms with van der Waals surface area (Å²) in [4.78, 5) is 61.9. The van der Waals surface area contributed by atoms with Crippen molar-refractivity contribution in [3.8, 4) is 41.8 Å². The van der Waals surface area contributed by atoms with Crippen molar-refractivity contribution < 1.29 is 38.1 Å². The van der Waals surface area contributed by atoms with Gasteiger partial charge in [-0.2, -0.15) is 0 Å². The Morgan fingerprint density at radius 1 is 0.438 bits per heavy atom. The minimum Gasteiger partial charge on any atom is -0.461 e. The van der Waals surface area contributed by atoms with E-state index in [-0.39, 0.29) is 49.2 Å². The molecule has 0 radical (unpaired) electrons. The summed E-state index contributed by atoms with van der Waals surface area (Å²) in [5.74, 6) is -2.46. The lowest BCUT2D eigenvalue weighted by Gasteiger charge is -2.07. The Balaban J connectivity index is 1.40. The first-order valence-corrected chi connectivity index (χ1v) is 16.9. The van der Waals surface area contributed by atoms with E-state index in [2.05, 4.69) is 9.97 Å². The van der Waals surface area contributed by atoms with Crippen LogP contribution in [0.2, 0.25) is 0 Å². The van der Waals surface area contributed by atoms with Gasteiger partial charge in [0, 0.05) is 19.5 Å². The van der Waals surface area contributed by atoms with E-state index in [0.717, 1.165) is 30.6 Å². The summed E-state index contributed by atoms with van der Waals surface area (Å²) < 4.78 is 20.5. The molecular formula is C36H32N2O8S2. The van der Waals surface area contributed by atoms with Crippen LogP contribution in [0.15, 0.2) is 72.8 Å². The van der Waals surface area contributed by atoms with Gasteiger partial charge in [0.25, 0.3) is 0 Å². The number of aromatic nitrogens is 2. The van der Waals surface area contributed by atoms with Crippen LogP contribution in [0.5, 0.6) is 0 Å². The van der Waals surface area contributed by atoms with Crippen LogP contribution < -0.4 is 0 Å². The number of esters is 4. The van der Waals surface area contributed by atoms with Crippen LogP contribution in [0.25, 0.3) is 41.8 Å². The van der Waals surface area contributed by atoms with Crippen molar-refractivity contribution >= 4 is 46.6 Å². The van der Waals surface area contributed by atoms with Gasteiger partial charge in [0.15, 0.2) is 0 Å². The number of carbonyl (C=O) groups excluding carboxylic acids is 4. The van der Waals surface area contributed by atoms with Gasteiger partial charge in [-0.05, 0) is 98.5 Å². The van der Waals surface area contributed by atoms with Crippen molar-refractivity contribution in [2.45, 2.75) is 27.7 Å². The van der Waals surface area contributed by atoms with Gasteiger partial charge in [-0.1, -0.05) is 24.3 Å². The van der Waals surface area contributed by atoms with E-state index < -0.39 is 23.9 Å². The highest BCUT2D eigenvalue weighted by atomic mass is 32.1. The van der Waals surface area contributed by atoms with Gasteiger partial charge in [0.05, 0.1) is 26.4 Å². The Kier molecular flexibility index (Phi) is 11.1. The summed E-state index contributed by atoms with van der Waals surface area (Å²) in [6, 6.07) is 22.4. The van der Waals surface area contributed by atoms with Gasteiger partial charge in [-0.15, -0.1) is 22.7 Å². The highest BCUT2D eigenvalue weighted by Gasteiger charge is 2.20. The molecule has 0 aliphatic heterocycles. The zero-order chi connectivity index (χ0) is 34.2. The highest BCUT2D eigenvalue weighted by Crippen LogP contribution is 2.38. The Bertz CT molecular complexity index is 1750. The first kappa shape index (κ1) is 34.1. The minimum atomic E-state index is -0.614. The summed E-state index contributed by atoms with van der Waals surface area (Å²) in [5, 5.41) is 0. The average Bonchev–Trinajstić information content (AvgIpc) is 3.80. The van der Waals surface area contributed by atoms with E-state index in [0.29, 0.717) is 11.1 Å². The molecule has 48 heavy (non-hydrogen) atoms. The van der Waals surface area contributed by atoms with Gasteiger partial charge in [0.2, 0.25) is 0 Å². The lowest BCUT2D eigenvalue weighted by atomic mass is 10.1. The van der Waals surface area contributed by atoms with E-state index in [1.807, 2.05) is 48.5 Å². The number of nitrogens with zero attached hydrogens (tertiary/aromatic N) is 2. The SMILES string of the molecule is CCOC(=O)c1cc(-c2ccc(-c3ccc(-c4ccc(-c5cc(C(=O)OCC)nc(C(=O)OCC)c5)s4)cc3)s2)cc(C(=O)OCC)n1. The molecule has 246 valence electrons. The third kappa shape index (κ3) is 7.84. The van der Waals surface area contributed by atoms with Crippen molar-refractivity contribution in [3.63, 3.8) is 0 Å². The number of benzene rings is 1. The lowest BCUT2D eigenvalue weighted by molar-refractivity contribution is 0.0493. The fourth-order valence-electron chi connectivity index (χ4n) is 4.68. The van der Waals surface area contributed by atoms with E-state index in [1.165, 1.54) is 22.7 Å². The Labute approximate surface area is 285 Å². The zero-order valence-corrected chi connectivity index (χ0v) is 28.4. The van der Waals surface area contributed by atoms with Crippen LogP contribution >= 0.6 is 22.7 Å². The fraction of sp³-hybridized carbons (Fsp3) is 0.222. The predicted octanol–water partition coefficient (Wildman–Crippen LogP) is 7.97. The van der Waals surface area contributed by atoms with E-state index >= 15 is 0 Å². The monoisotopic (exact) mass is 684 g/mol. The van der Waals surface area contributed by atoms with Gasteiger partial charge in [-0.3, -0.25) is 0 Å². The second kappa shape index (κ2) is 15.6. The molecule has 0 bridgehead atoms. The van der Waals surface area contributed by atoms with E-state index in [4.69, 9.17) is 18.9 Å². The molecule has 4 aromatic heterocycles. The number of rotatable bonds is 12. The summed E-state index contributed by atoms with van der Waals surface area (Å²) in [5.41, 5.74) is 3.43. The number of hydrogen-bond acceptors (Lipinski definition) is 12. The van der Waals surface area contributed by atoms with Gasteiger partial charge in [0.1, 0.15) is 22.8 Å². The molecule has 0 N–H and O–H groups in total. The number of carbonyl (C=O) groups is 4. The standard InChI is InChI=1S/C36H32N2O8S2/c1-5-43-33(39)25-17-23(18-26(37-25)34(40)44-6-2)31-15-13-29(47-31)21-9-11-22(12-10-21)30-14-16-32(48-30)24-19-27(35(41)45-7-3)38-28(20-24)36(42)46-8-4/h9-20H,5-8H2,1-4H3. The molecule has 0 amide bonds. The maximum absolute atomic E-state index is 12.5. The Morgan fingerprint density at radius 2 is 0.688 bits per heavy atom. The van der Waals surface area contributed by atoms with Crippen LogP contribution in [0.4, 0.5) is 0 Å². The molecule has 0 atom stereocenters. The normalized spacial score (nSPS) is 10.8. The summed E-state index contributed by atoms with van der Waals surface area (Å²) in [6.45, 7) is 7.54. The number of hydrogen-bond donors (Lipinski definition) is 0. The maximum atomic E-state index is 12.5. The Hall–Kier alpha value is -5.20. The van der Waals surface area contributed by atoms with Gasteiger partial charge >= 0.3 is 23.9 Å². The fourth-order valence-corrected chi connectivity index (χ4v) is 6.68. The molecule has 10 nitrogen and oxygen atoms in total. The molecule has 1 aromatic carbocycles. The van der Waals surface area contributed by atoms with Crippen LogP contribution in [0, 0.1) is 0 Å². The van der Waals surface area contributed by atoms with E-state index in [1.54, 1.807) is 52.0 Å². The van der Waals surface area contributed by atoms with Crippen LogP contribution in [-0.2, 0) is 18.9 Å². The first-order chi connectivity index (χ1) is 23.2. The summed E-state index contributed by atoms with van der Waals surface area (Å²) in [6.07, 6.45) is 0. The molecule has 0 spiro atoms. The number of pyridine rings is 2. The first-order valence-electron chi connectivity index (χ1n) is 15.3. The average molecular weight is 685 g/mol. The number of thiophene rings is 2. The van der Waals surface area contributed by atoms with Crippen LogP contribution in [0.3, 0.4) is 0 Å². The van der Waals surface area contributed by atoms with Gasteiger partial charge in [-0.25, -0.2) is 29.1 Å². The quantitative estimate of drug-likeness (QED) is 0.0942. The largest absolute Gasteiger partial charge is 0.461 e. The van der Waals surface area contributed by atoms with Crippen molar-refractivity contribution in [2.24, 2.45) is 0 Å². The van der Waals surface area contributed by atoms with Crippen molar-refractivity contribution in [2.75, 3.05) is 26.4 Å². The van der Waals surface area contributed by atoms with Crippen molar-refractivity contribution in [1.29, 1.82) is 0 Å². The Morgan fingerprint density at radius 3 is 0.938 bits per heavy atom. The molecule has 0 unspecified atom stereocenters. The smallest absolute Gasteiger partial charge is 0.356 e. The predicted molar refractivity (Wildman–Crippen MR) is 183 cm³/mol. The second-order valence-electron chi connectivity index (χ2n) is 10.0. The summed E-state index contributed by atoms with van der Waals surface area (Å²) in [7, 11) is 0. The van der Waals surface area contributed by atoms with Crippen LogP contribution in [-0.4, -0.2) is 60.3 Å².